The van der Waals surface area contributed by atoms with Crippen LogP contribution in [0.25, 0.3) is 10.2 Å². The highest BCUT2D eigenvalue weighted by Gasteiger charge is 2.23. The molecule has 2 heterocycles. The van der Waals surface area contributed by atoms with Gasteiger partial charge in [0.2, 0.25) is 0 Å². The lowest BCUT2D eigenvalue weighted by molar-refractivity contribution is 0.0839. The quantitative estimate of drug-likeness (QED) is 0.571. The van der Waals surface area contributed by atoms with E-state index in [0.29, 0.717) is 16.7 Å². The zero-order valence-electron chi connectivity index (χ0n) is 11.5. The third-order valence-corrected chi connectivity index (χ3v) is 5.17. The first kappa shape index (κ1) is 14.3. The second kappa shape index (κ2) is 5.63. The molecule has 4 nitrogen and oxygen atoms in total. The van der Waals surface area contributed by atoms with Crippen LogP contribution >= 0.6 is 23.1 Å². The molecule has 3 N–H and O–H groups in total. The molecule has 108 valence electrons. The predicted molar refractivity (Wildman–Crippen MR) is 88.6 cm³/mol. The number of hydrogen-bond acceptors (Lipinski definition) is 6. The zero-order chi connectivity index (χ0) is 14.9. The molecule has 3 rings (SSSR count). The molecule has 0 fully saturated rings. The van der Waals surface area contributed by atoms with E-state index in [1.165, 1.54) is 23.1 Å². The Balaban J connectivity index is 1.80. The molecule has 0 amide bonds. The summed E-state index contributed by atoms with van der Waals surface area (Å²) >= 11 is 2.95. The number of nitrogens with zero attached hydrogens (tertiary/aromatic N) is 2. The van der Waals surface area contributed by atoms with Gasteiger partial charge >= 0.3 is 0 Å². The molecule has 0 spiro atoms. The van der Waals surface area contributed by atoms with Crippen LogP contribution in [0.5, 0.6) is 0 Å². The van der Waals surface area contributed by atoms with Crippen molar-refractivity contribution in [1.82, 2.24) is 9.97 Å². The summed E-state index contributed by atoms with van der Waals surface area (Å²) in [4.78, 5) is 9.65. The van der Waals surface area contributed by atoms with Gasteiger partial charge in [0, 0.05) is 5.75 Å². The number of thioether (sulfide) groups is 1. The first-order valence-corrected chi connectivity index (χ1v) is 8.34. The van der Waals surface area contributed by atoms with Crippen molar-refractivity contribution in [2.45, 2.75) is 17.7 Å². The normalized spacial score (nSPS) is 14.2. The van der Waals surface area contributed by atoms with Crippen molar-refractivity contribution in [2.75, 3.05) is 11.5 Å². The summed E-state index contributed by atoms with van der Waals surface area (Å²) in [5.74, 6) is 0.955. The fraction of sp³-hybridized carbons (Fsp3) is 0.200. The van der Waals surface area contributed by atoms with Crippen molar-refractivity contribution < 1.29 is 5.11 Å². The van der Waals surface area contributed by atoms with Gasteiger partial charge in [0.05, 0.1) is 11.0 Å². The van der Waals surface area contributed by atoms with Crippen LogP contribution in [0.4, 0.5) is 5.82 Å². The maximum absolute atomic E-state index is 10.6. The monoisotopic (exact) mass is 317 g/mol. The van der Waals surface area contributed by atoms with Gasteiger partial charge in [-0.3, -0.25) is 0 Å². The third kappa shape index (κ3) is 3.02. The second-order valence-corrected chi connectivity index (χ2v) is 6.80. The average Bonchev–Trinajstić information content (AvgIpc) is 2.95. The highest BCUT2D eigenvalue weighted by Crippen LogP contribution is 2.30. The van der Waals surface area contributed by atoms with Crippen LogP contribution in [0.15, 0.2) is 46.9 Å². The number of hydrogen-bond donors (Lipinski definition) is 2. The summed E-state index contributed by atoms with van der Waals surface area (Å²) in [7, 11) is 0. The van der Waals surface area contributed by atoms with Crippen LogP contribution in [0.3, 0.4) is 0 Å². The predicted octanol–water partition coefficient (Wildman–Crippen LogP) is 3.27. The van der Waals surface area contributed by atoms with E-state index in [4.69, 9.17) is 5.73 Å². The van der Waals surface area contributed by atoms with E-state index < -0.39 is 5.60 Å². The summed E-state index contributed by atoms with van der Waals surface area (Å²) in [5.41, 5.74) is 5.87. The van der Waals surface area contributed by atoms with Crippen molar-refractivity contribution in [3.63, 3.8) is 0 Å². The maximum Gasteiger partial charge on any atom is 0.191 e. The lowest BCUT2D eigenvalue weighted by Crippen LogP contribution is -2.24. The molecule has 3 aromatic rings. The van der Waals surface area contributed by atoms with Crippen LogP contribution in [0.1, 0.15) is 12.5 Å². The van der Waals surface area contributed by atoms with Crippen molar-refractivity contribution in [3.8, 4) is 0 Å². The highest BCUT2D eigenvalue weighted by atomic mass is 32.2. The minimum absolute atomic E-state index is 0.466. The van der Waals surface area contributed by atoms with E-state index in [-0.39, 0.29) is 0 Å². The number of anilines is 1. The molecule has 6 heteroatoms. The Morgan fingerprint density at radius 2 is 2.00 bits per heavy atom. The van der Waals surface area contributed by atoms with Crippen LogP contribution in [0, 0.1) is 0 Å². The molecule has 0 aliphatic rings. The fourth-order valence-corrected chi connectivity index (χ4v) is 3.73. The van der Waals surface area contributed by atoms with Gasteiger partial charge in [-0.2, -0.15) is 0 Å². The Labute approximate surface area is 131 Å². The molecular weight excluding hydrogens is 302 g/mol. The molecule has 1 aromatic carbocycles. The molecule has 1 atom stereocenters. The van der Waals surface area contributed by atoms with Gasteiger partial charge in [-0.05, 0) is 23.9 Å². The molecule has 2 aromatic heterocycles. The number of nitrogens with two attached hydrogens (primary N) is 1. The van der Waals surface area contributed by atoms with E-state index in [2.05, 4.69) is 9.97 Å². The van der Waals surface area contributed by atoms with Gasteiger partial charge in [-0.15, -0.1) is 11.3 Å². The number of aromatic nitrogens is 2. The second-order valence-electron chi connectivity index (χ2n) is 4.96. The highest BCUT2D eigenvalue weighted by molar-refractivity contribution is 7.99. The van der Waals surface area contributed by atoms with E-state index in [1.807, 2.05) is 41.8 Å². The van der Waals surface area contributed by atoms with Crippen LogP contribution in [0.2, 0.25) is 0 Å². The fourth-order valence-electron chi connectivity index (χ4n) is 2.01. The Morgan fingerprint density at radius 3 is 2.76 bits per heavy atom. The molecule has 0 bridgehead atoms. The lowest BCUT2D eigenvalue weighted by atomic mass is 9.99. The van der Waals surface area contributed by atoms with Gasteiger partial charge < -0.3 is 10.8 Å². The summed E-state index contributed by atoms with van der Waals surface area (Å²) in [6.45, 7) is 1.79. The number of benzene rings is 1. The van der Waals surface area contributed by atoms with Gasteiger partial charge in [0.15, 0.2) is 5.16 Å². The summed E-state index contributed by atoms with van der Waals surface area (Å²) in [5, 5.41) is 14.0. The van der Waals surface area contributed by atoms with Crippen molar-refractivity contribution in [3.05, 3.63) is 47.3 Å². The maximum atomic E-state index is 10.6. The van der Waals surface area contributed by atoms with Gasteiger partial charge in [0.25, 0.3) is 0 Å². The standard InChI is InChI=1S/C15H15N3OS2/c1-15(19,10-5-3-2-4-6-10)9-21-14-17-12(16)11-7-8-20-13(11)18-14/h2-8,19H,9H2,1H3,(H2,16,17,18). The smallest absolute Gasteiger partial charge is 0.191 e. The Kier molecular flexibility index (Phi) is 3.84. The molecule has 0 aliphatic carbocycles. The SMILES string of the molecule is CC(O)(CSc1nc(N)c2ccsc2n1)c1ccccc1. The molecule has 0 saturated heterocycles. The first-order valence-electron chi connectivity index (χ1n) is 6.48. The van der Waals surface area contributed by atoms with E-state index in [1.54, 1.807) is 6.92 Å². The summed E-state index contributed by atoms with van der Waals surface area (Å²) < 4.78 is 0. The van der Waals surface area contributed by atoms with Crippen LogP contribution in [-0.2, 0) is 5.60 Å². The zero-order valence-corrected chi connectivity index (χ0v) is 13.1. The molecule has 0 radical (unpaired) electrons. The molecule has 1 unspecified atom stereocenters. The van der Waals surface area contributed by atoms with Crippen molar-refractivity contribution in [1.29, 1.82) is 0 Å². The molecule has 0 saturated carbocycles. The van der Waals surface area contributed by atoms with Gasteiger partial charge in [-0.25, -0.2) is 9.97 Å². The van der Waals surface area contributed by atoms with Crippen molar-refractivity contribution in [2.24, 2.45) is 0 Å². The summed E-state index contributed by atoms with van der Waals surface area (Å²) in [6, 6.07) is 11.5. The van der Waals surface area contributed by atoms with Crippen LogP contribution < -0.4 is 5.73 Å². The number of rotatable bonds is 4. The number of aliphatic hydroxyl groups is 1. The Hall–Kier alpha value is -1.63. The Morgan fingerprint density at radius 1 is 1.24 bits per heavy atom. The van der Waals surface area contributed by atoms with E-state index in [0.717, 1.165) is 15.8 Å². The van der Waals surface area contributed by atoms with E-state index in [9.17, 15) is 5.11 Å². The minimum Gasteiger partial charge on any atom is -0.385 e. The van der Waals surface area contributed by atoms with Gasteiger partial charge in [-0.1, -0.05) is 42.1 Å². The number of fused-ring (bicyclic) bond motifs is 1. The molecule has 0 aliphatic heterocycles. The third-order valence-electron chi connectivity index (χ3n) is 3.21. The van der Waals surface area contributed by atoms with Crippen molar-refractivity contribution >= 4 is 39.1 Å². The average molecular weight is 317 g/mol. The molecule has 21 heavy (non-hydrogen) atoms. The van der Waals surface area contributed by atoms with E-state index >= 15 is 0 Å². The van der Waals surface area contributed by atoms with Crippen LogP contribution in [-0.4, -0.2) is 20.8 Å². The minimum atomic E-state index is -0.936. The summed E-state index contributed by atoms with van der Waals surface area (Å²) in [6.07, 6.45) is 0. The molecular formula is C15H15N3OS2. The largest absolute Gasteiger partial charge is 0.385 e. The number of nitrogen functional groups attached to an aromatic ring is 1. The number of thiophene rings is 1. The topological polar surface area (TPSA) is 72.0 Å². The Bertz CT molecular complexity index is 756. The lowest BCUT2D eigenvalue weighted by Gasteiger charge is -2.22. The first-order chi connectivity index (χ1) is 10.1. The van der Waals surface area contributed by atoms with Gasteiger partial charge in [0.1, 0.15) is 10.6 Å².